The van der Waals surface area contributed by atoms with E-state index < -0.39 is 16.3 Å². The molecule has 1 aliphatic heterocycles. The molecule has 3 aliphatic rings. The zero-order chi connectivity index (χ0) is 28.1. The first-order chi connectivity index (χ1) is 19.1. The number of carbonyl (C=O) groups is 1. The minimum absolute atomic E-state index is 0.0267. The Morgan fingerprint density at radius 3 is 2.67 bits per heavy atom. The highest BCUT2D eigenvalue weighted by Gasteiger charge is 2.47. The Morgan fingerprint density at radius 1 is 1.15 bits per heavy atom. The summed E-state index contributed by atoms with van der Waals surface area (Å²) in [5, 5.41) is 22.7. The molecule has 3 aromatic rings. The molecule has 5 unspecified atom stereocenters. The second-order valence-electron chi connectivity index (χ2n) is 12.0. The van der Waals surface area contributed by atoms with E-state index in [-0.39, 0.29) is 23.5 Å². The molecule has 2 amide bonds. The predicted octanol–water partition coefficient (Wildman–Crippen LogP) is 4.23. The summed E-state index contributed by atoms with van der Waals surface area (Å²) >= 11 is 0. The first kappa shape index (κ1) is 26.8. The lowest BCUT2D eigenvalue weighted by molar-refractivity contribution is -0.0523. The second kappa shape index (κ2) is 10.2. The summed E-state index contributed by atoms with van der Waals surface area (Å²) in [7, 11) is -3.86. The van der Waals surface area contributed by atoms with Crippen molar-refractivity contribution in [3.8, 4) is 11.3 Å². The van der Waals surface area contributed by atoms with Crippen molar-refractivity contribution in [2.75, 3.05) is 10.0 Å². The standard InChI is InChI=1S/C29H36N6O4S/c1-29(27(36)13-25-22-4-2-3-5-23(22)26-16-31-17-35(25)26)14-18-6-11-24(19(12-18)15-29)33-28(37)32-20-7-9-21(10-8-20)34-40(30,38)39/h2-5,7-10,16-19,24-25,27,34,36H,6,11-15H2,1H3,(H2,30,38,39)(H2,32,33,37)/t18?,19?,24?,25?,27?,29-/m1/s1. The Labute approximate surface area is 234 Å². The van der Waals surface area contributed by atoms with Gasteiger partial charge in [-0.2, -0.15) is 8.42 Å². The number of benzene rings is 2. The summed E-state index contributed by atoms with van der Waals surface area (Å²) in [6.07, 6.45) is 8.76. The summed E-state index contributed by atoms with van der Waals surface area (Å²) in [5.74, 6) is 0.831. The molecule has 2 heterocycles. The van der Waals surface area contributed by atoms with E-state index in [0.717, 1.165) is 37.8 Å². The fourth-order valence-corrected chi connectivity index (χ4v) is 7.83. The van der Waals surface area contributed by atoms with Crippen molar-refractivity contribution in [3.05, 3.63) is 66.6 Å². The summed E-state index contributed by atoms with van der Waals surface area (Å²) in [6, 6.07) is 14.5. The third-order valence-electron chi connectivity index (χ3n) is 9.14. The lowest BCUT2D eigenvalue weighted by Crippen LogP contribution is -2.52. The van der Waals surface area contributed by atoms with Gasteiger partial charge in [-0.1, -0.05) is 31.2 Å². The number of anilines is 2. The normalized spacial score (nSPS) is 27.8. The Balaban J connectivity index is 1.10. The highest BCUT2D eigenvalue weighted by molar-refractivity contribution is 7.90. The number of aliphatic hydroxyl groups excluding tert-OH is 1. The molecule has 2 bridgehead atoms. The number of nitrogens with two attached hydrogens (primary N) is 1. The summed E-state index contributed by atoms with van der Waals surface area (Å²) < 4.78 is 26.8. The van der Waals surface area contributed by atoms with Gasteiger partial charge in [0.25, 0.3) is 10.2 Å². The maximum absolute atomic E-state index is 12.9. The fourth-order valence-electron chi connectivity index (χ4n) is 7.37. The SMILES string of the molecule is C[C@@]1(C(O)CC2c3ccccc3-c3cncn32)CC2CCC(NC(=O)Nc3ccc(NS(N)(=O)=O)cc3)C(C2)C1. The van der Waals surface area contributed by atoms with Gasteiger partial charge >= 0.3 is 6.03 Å². The molecule has 6 atom stereocenters. The van der Waals surface area contributed by atoms with Gasteiger partial charge in [-0.3, -0.25) is 4.72 Å². The lowest BCUT2D eigenvalue weighted by Gasteiger charge is -2.50. The van der Waals surface area contributed by atoms with Gasteiger partial charge in [0.15, 0.2) is 0 Å². The highest BCUT2D eigenvalue weighted by Crippen LogP contribution is 2.52. The molecule has 0 saturated heterocycles. The van der Waals surface area contributed by atoms with Crippen LogP contribution in [-0.2, 0) is 10.2 Å². The molecular weight excluding hydrogens is 528 g/mol. The minimum atomic E-state index is -3.86. The van der Waals surface area contributed by atoms with Crippen LogP contribution in [0.2, 0.25) is 0 Å². The molecule has 2 aromatic carbocycles. The lowest BCUT2D eigenvalue weighted by atomic mass is 9.57. The van der Waals surface area contributed by atoms with Crippen LogP contribution in [0.15, 0.2) is 61.1 Å². The quantitative estimate of drug-likeness (QED) is 0.291. The van der Waals surface area contributed by atoms with E-state index in [4.69, 9.17) is 5.14 Å². The van der Waals surface area contributed by atoms with Gasteiger partial charge in [0.2, 0.25) is 0 Å². The Kier molecular flexibility index (Phi) is 6.84. The number of nitrogens with zero attached hydrogens (tertiary/aromatic N) is 2. The Bertz CT molecular complexity index is 1510. The number of hydrogen-bond acceptors (Lipinski definition) is 5. The summed E-state index contributed by atoms with van der Waals surface area (Å²) in [4.78, 5) is 17.2. The zero-order valence-corrected chi connectivity index (χ0v) is 23.3. The van der Waals surface area contributed by atoms with Gasteiger partial charge in [0, 0.05) is 23.0 Å². The fraction of sp³-hybridized carbons (Fsp3) is 0.448. The number of imidazole rings is 1. The third kappa shape index (κ3) is 5.33. The van der Waals surface area contributed by atoms with Crippen molar-refractivity contribution in [3.63, 3.8) is 0 Å². The van der Waals surface area contributed by atoms with Crippen LogP contribution < -0.4 is 20.5 Å². The predicted molar refractivity (Wildman–Crippen MR) is 154 cm³/mol. The van der Waals surface area contributed by atoms with Gasteiger partial charge in [-0.15, -0.1) is 0 Å². The number of nitrogens with one attached hydrogen (secondary N) is 3. The monoisotopic (exact) mass is 564 g/mol. The summed E-state index contributed by atoms with van der Waals surface area (Å²) in [5.41, 5.74) is 4.15. The van der Waals surface area contributed by atoms with Crippen LogP contribution in [0, 0.1) is 17.3 Å². The zero-order valence-electron chi connectivity index (χ0n) is 22.5. The van der Waals surface area contributed by atoms with Gasteiger partial charge in [0.05, 0.1) is 30.4 Å². The van der Waals surface area contributed by atoms with Crippen LogP contribution >= 0.6 is 0 Å². The number of aliphatic hydroxyl groups is 1. The topological polar surface area (TPSA) is 151 Å². The highest BCUT2D eigenvalue weighted by atomic mass is 32.2. The number of hydrogen-bond donors (Lipinski definition) is 5. The molecule has 2 aliphatic carbocycles. The number of amides is 2. The number of carbonyl (C=O) groups excluding carboxylic acids is 1. The minimum Gasteiger partial charge on any atom is -0.392 e. The molecule has 1 aromatic heterocycles. The largest absolute Gasteiger partial charge is 0.392 e. The molecule has 6 rings (SSSR count). The van der Waals surface area contributed by atoms with E-state index in [1.165, 1.54) is 23.3 Å². The van der Waals surface area contributed by atoms with E-state index in [1.54, 1.807) is 12.1 Å². The smallest absolute Gasteiger partial charge is 0.319 e. The van der Waals surface area contributed by atoms with Crippen LogP contribution in [0.5, 0.6) is 0 Å². The van der Waals surface area contributed by atoms with Crippen LogP contribution in [0.4, 0.5) is 16.2 Å². The maximum Gasteiger partial charge on any atom is 0.319 e. The van der Waals surface area contributed by atoms with E-state index in [9.17, 15) is 18.3 Å². The molecule has 40 heavy (non-hydrogen) atoms. The van der Waals surface area contributed by atoms with Crippen LogP contribution in [-0.4, -0.2) is 41.3 Å². The van der Waals surface area contributed by atoms with Crippen LogP contribution in [0.1, 0.15) is 57.1 Å². The molecule has 11 heteroatoms. The van der Waals surface area contributed by atoms with Crippen molar-refractivity contribution in [2.24, 2.45) is 22.4 Å². The molecule has 0 spiro atoms. The molecule has 2 fully saturated rings. The van der Waals surface area contributed by atoms with Crippen LogP contribution in [0.25, 0.3) is 11.3 Å². The number of rotatable bonds is 7. The summed E-state index contributed by atoms with van der Waals surface area (Å²) in [6.45, 7) is 2.21. The molecular formula is C29H36N6O4S. The second-order valence-corrected chi connectivity index (χ2v) is 13.3. The maximum atomic E-state index is 12.9. The average molecular weight is 565 g/mol. The first-order valence-corrected chi connectivity index (χ1v) is 15.4. The first-order valence-electron chi connectivity index (χ1n) is 13.9. The number of aromatic nitrogens is 2. The van der Waals surface area contributed by atoms with Crippen molar-refractivity contribution in [2.45, 2.75) is 63.6 Å². The molecule has 10 nitrogen and oxygen atoms in total. The van der Waals surface area contributed by atoms with Gasteiger partial charge < -0.3 is 20.3 Å². The number of fused-ring (bicyclic) bond motifs is 5. The molecule has 6 N–H and O–H groups in total. The van der Waals surface area contributed by atoms with Crippen molar-refractivity contribution < 1.29 is 18.3 Å². The van der Waals surface area contributed by atoms with E-state index in [0.29, 0.717) is 29.6 Å². The van der Waals surface area contributed by atoms with Crippen LogP contribution in [0.3, 0.4) is 0 Å². The third-order valence-corrected chi connectivity index (χ3v) is 9.66. The van der Waals surface area contributed by atoms with Gasteiger partial charge in [-0.25, -0.2) is 14.9 Å². The number of urea groups is 1. The molecule has 2 saturated carbocycles. The Hall–Kier alpha value is -3.41. The van der Waals surface area contributed by atoms with Crippen molar-refractivity contribution in [1.29, 1.82) is 0 Å². The van der Waals surface area contributed by atoms with E-state index in [2.05, 4.69) is 50.0 Å². The molecule has 212 valence electrons. The van der Waals surface area contributed by atoms with Gasteiger partial charge in [-0.05, 0) is 85.6 Å². The van der Waals surface area contributed by atoms with Crippen molar-refractivity contribution >= 4 is 27.6 Å². The van der Waals surface area contributed by atoms with E-state index >= 15 is 0 Å². The van der Waals surface area contributed by atoms with Crippen molar-refractivity contribution in [1.82, 2.24) is 14.9 Å². The Morgan fingerprint density at radius 2 is 1.90 bits per heavy atom. The van der Waals surface area contributed by atoms with E-state index in [1.807, 2.05) is 18.6 Å². The molecule has 0 radical (unpaired) electrons. The van der Waals surface area contributed by atoms with Gasteiger partial charge in [0.1, 0.15) is 0 Å². The average Bonchev–Trinajstić information content (AvgIpc) is 3.48.